The van der Waals surface area contributed by atoms with Gasteiger partial charge in [-0.3, -0.25) is 0 Å². The molecule has 2 N–H and O–H groups in total. The van der Waals surface area contributed by atoms with E-state index in [4.69, 9.17) is 10.5 Å². The molecule has 2 rings (SSSR count). The molecule has 0 saturated heterocycles. The summed E-state index contributed by atoms with van der Waals surface area (Å²) in [6.45, 7) is 0. The molecule has 2 nitrogen and oxygen atoms in total. The Morgan fingerprint density at radius 1 is 1.29 bits per heavy atom. The van der Waals surface area contributed by atoms with Crippen LogP contribution in [-0.4, -0.2) is 13.2 Å². The SMILES string of the molecule is COc1ccc(Br)cc1CC1CCC(N)CC1. The van der Waals surface area contributed by atoms with Crippen LogP contribution in [0.3, 0.4) is 0 Å². The zero-order valence-electron chi connectivity index (χ0n) is 10.3. The fourth-order valence-electron chi connectivity index (χ4n) is 2.61. The van der Waals surface area contributed by atoms with Crippen LogP contribution in [0.25, 0.3) is 0 Å². The smallest absolute Gasteiger partial charge is 0.122 e. The Hall–Kier alpha value is -0.540. The zero-order chi connectivity index (χ0) is 12.3. The first-order valence-electron chi connectivity index (χ1n) is 6.27. The molecule has 1 aromatic carbocycles. The Morgan fingerprint density at radius 3 is 2.65 bits per heavy atom. The van der Waals surface area contributed by atoms with E-state index in [0.29, 0.717) is 6.04 Å². The van der Waals surface area contributed by atoms with Crippen LogP contribution in [0.4, 0.5) is 0 Å². The first-order chi connectivity index (χ1) is 8.19. The number of halogens is 1. The standard InChI is InChI=1S/C14H20BrNO/c1-17-14-7-4-12(15)9-11(14)8-10-2-5-13(16)6-3-10/h4,7,9-10,13H,2-3,5-6,8,16H2,1H3. The van der Waals surface area contributed by atoms with Gasteiger partial charge in [-0.2, -0.15) is 0 Å². The van der Waals surface area contributed by atoms with Gasteiger partial charge in [0.25, 0.3) is 0 Å². The summed E-state index contributed by atoms with van der Waals surface area (Å²) in [5.74, 6) is 1.76. The first kappa shape index (κ1) is 12.9. The van der Waals surface area contributed by atoms with Crippen LogP contribution in [0.15, 0.2) is 22.7 Å². The molecule has 0 atom stereocenters. The van der Waals surface area contributed by atoms with Crippen molar-refractivity contribution in [1.82, 2.24) is 0 Å². The second kappa shape index (κ2) is 5.87. The number of hydrogen-bond acceptors (Lipinski definition) is 2. The summed E-state index contributed by atoms with van der Waals surface area (Å²) < 4.78 is 6.54. The molecule has 0 unspecified atom stereocenters. The van der Waals surface area contributed by atoms with Crippen molar-refractivity contribution >= 4 is 15.9 Å². The molecule has 0 aromatic heterocycles. The van der Waals surface area contributed by atoms with Crippen molar-refractivity contribution in [2.24, 2.45) is 11.7 Å². The summed E-state index contributed by atoms with van der Waals surface area (Å²) in [5, 5.41) is 0. The molecule has 1 fully saturated rings. The highest BCUT2D eigenvalue weighted by Crippen LogP contribution is 2.31. The van der Waals surface area contributed by atoms with Crippen molar-refractivity contribution in [3.05, 3.63) is 28.2 Å². The van der Waals surface area contributed by atoms with Crippen molar-refractivity contribution in [2.45, 2.75) is 38.1 Å². The maximum atomic E-state index is 5.94. The minimum absolute atomic E-state index is 0.427. The lowest BCUT2D eigenvalue weighted by Crippen LogP contribution is -2.27. The molecule has 17 heavy (non-hydrogen) atoms. The third kappa shape index (κ3) is 3.46. The normalized spacial score (nSPS) is 24.6. The monoisotopic (exact) mass is 297 g/mol. The van der Waals surface area contributed by atoms with Crippen LogP contribution >= 0.6 is 15.9 Å². The van der Waals surface area contributed by atoms with Crippen LogP contribution in [0.1, 0.15) is 31.2 Å². The Morgan fingerprint density at radius 2 is 2.00 bits per heavy atom. The van der Waals surface area contributed by atoms with Gasteiger partial charge in [-0.05, 0) is 61.8 Å². The van der Waals surface area contributed by atoms with Gasteiger partial charge >= 0.3 is 0 Å². The average molecular weight is 298 g/mol. The summed E-state index contributed by atoms with van der Waals surface area (Å²) in [4.78, 5) is 0. The zero-order valence-corrected chi connectivity index (χ0v) is 11.9. The summed E-state index contributed by atoms with van der Waals surface area (Å²) in [6.07, 6.45) is 5.94. The van der Waals surface area contributed by atoms with Crippen molar-refractivity contribution in [2.75, 3.05) is 7.11 Å². The lowest BCUT2D eigenvalue weighted by molar-refractivity contribution is 0.320. The van der Waals surface area contributed by atoms with Gasteiger partial charge in [0.1, 0.15) is 5.75 Å². The number of benzene rings is 1. The van der Waals surface area contributed by atoms with Gasteiger partial charge in [-0.15, -0.1) is 0 Å². The van der Waals surface area contributed by atoms with Crippen molar-refractivity contribution in [3.63, 3.8) is 0 Å². The Labute approximate surface area is 112 Å². The quantitative estimate of drug-likeness (QED) is 0.926. The number of rotatable bonds is 3. The second-order valence-corrected chi connectivity index (χ2v) is 5.86. The van der Waals surface area contributed by atoms with E-state index in [2.05, 4.69) is 22.0 Å². The Balaban J connectivity index is 2.04. The topological polar surface area (TPSA) is 35.2 Å². The van der Waals surface area contributed by atoms with E-state index in [0.717, 1.165) is 22.6 Å². The fourth-order valence-corrected chi connectivity index (χ4v) is 3.02. The lowest BCUT2D eigenvalue weighted by Gasteiger charge is -2.26. The third-order valence-electron chi connectivity index (χ3n) is 3.64. The first-order valence-corrected chi connectivity index (χ1v) is 7.06. The molecule has 0 heterocycles. The summed E-state index contributed by atoms with van der Waals surface area (Å²) in [6, 6.07) is 6.66. The molecule has 1 aliphatic carbocycles. The Kier molecular flexibility index (Phi) is 4.46. The van der Waals surface area contributed by atoms with Crippen LogP contribution in [0.5, 0.6) is 5.75 Å². The van der Waals surface area contributed by atoms with E-state index >= 15 is 0 Å². The van der Waals surface area contributed by atoms with E-state index in [1.807, 2.05) is 12.1 Å². The van der Waals surface area contributed by atoms with Gasteiger partial charge < -0.3 is 10.5 Å². The molecule has 0 aliphatic heterocycles. The highest BCUT2D eigenvalue weighted by molar-refractivity contribution is 9.10. The van der Waals surface area contributed by atoms with Gasteiger partial charge in [0.2, 0.25) is 0 Å². The molecular weight excluding hydrogens is 278 g/mol. The highest BCUT2D eigenvalue weighted by atomic mass is 79.9. The van der Waals surface area contributed by atoms with Gasteiger partial charge in [0.05, 0.1) is 7.11 Å². The molecule has 1 aromatic rings. The molecule has 1 aliphatic rings. The number of nitrogens with two attached hydrogens (primary N) is 1. The molecule has 94 valence electrons. The van der Waals surface area contributed by atoms with E-state index in [-0.39, 0.29) is 0 Å². The van der Waals surface area contributed by atoms with Crippen molar-refractivity contribution in [1.29, 1.82) is 0 Å². The minimum atomic E-state index is 0.427. The predicted molar refractivity (Wildman–Crippen MR) is 74.3 cm³/mol. The molecule has 0 bridgehead atoms. The molecule has 3 heteroatoms. The van der Waals surface area contributed by atoms with Crippen LogP contribution in [-0.2, 0) is 6.42 Å². The fraction of sp³-hybridized carbons (Fsp3) is 0.571. The summed E-state index contributed by atoms with van der Waals surface area (Å²) >= 11 is 3.52. The second-order valence-electron chi connectivity index (χ2n) is 4.94. The van der Waals surface area contributed by atoms with E-state index in [9.17, 15) is 0 Å². The number of ether oxygens (including phenoxy) is 1. The van der Waals surface area contributed by atoms with Crippen LogP contribution in [0, 0.1) is 5.92 Å². The van der Waals surface area contributed by atoms with Gasteiger partial charge in [-0.1, -0.05) is 15.9 Å². The lowest BCUT2D eigenvalue weighted by atomic mass is 9.82. The maximum absolute atomic E-state index is 5.94. The van der Waals surface area contributed by atoms with Gasteiger partial charge in [-0.25, -0.2) is 0 Å². The largest absolute Gasteiger partial charge is 0.496 e. The minimum Gasteiger partial charge on any atom is -0.496 e. The molecule has 1 saturated carbocycles. The molecular formula is C14H20BrNO. The molecule has 0 amide bonds. The number of hydrogen-bond donors (Lipinski definition) is 1. The predicted octanol–water partition coefficient (Wildman–Crippen LogP) is 3.52. The molecule has 0 spiro atoms. The average Bonchev–Trinajstić information content (AvgIpc) is 2.32. The third-order valence-corrected chi connectivity index (χ3v) is 4.14. The summed E-state index contributed by atoms with van der Waals surface area (Å²) in [5.41, 5.74) is 7.25. The Bertz CT molecular complexity index is 372. The number of methoxy groups -OCH3 is 1. The van der Waals surface area contributed by atoms with E-state index in [1.54, 1.807) is 7.11 Å². The van der Waals surface area contributed by atoms with E-state index < -0.39 is 0 Å². The van der Waals surface area contributed by atoms with Crippen molar-refractivity contribution in [3.8, 4) is 5.75 Å². The summed E-state index contributed by atoms with van der Waals surface area (Å²) in [7, 11) is 1.74. The van der Waals surface area contributed by atoms with Crippen LogP contribution < -0.4 is 10.5 Å². The van der Waals surface area contributed by atoms with Gasteiger partial charge in [0.15, 0.2) is 0 Å². The van der Waals surface area contributed by atoms with Crippen molar-refractivity contribution < 1.29 is 4.74 Å². The highest BCUT2D eigenvalue weighted by Gasteiger charge is 2.20. The van der Waals surface area contributed by atoms with Gasteiger partial charge in [0, 0.05) is 10.5 Å². The van der Waals surface area contributed by atoms with Crippen LogP contribution in [0.2, 0.25) is 0 Å². The van der Waals surface area contributed by atoms with E-state index in [1.165, 1.54) is 31.2 Å². The maximum Gasteiger partial charge on any atom is 0.122 e. The molecule has 0 radical (unpaired) electrons.